The third kappa shape index (κ3) is 3.00. The predicted octanol–water partition coefficient (Wildman–Crippen LogP) is 2.23. The Kier molecular flexibility index (Phi) is 4.30. The fourth-order valence-electron chi connectivity index (χ4n) is 2.52. The Balaban J connectivity index is 2.25. The van der Waals surface area contributed by atoms with Gasteiger partial charge in [0, 0.05) is 7.05 Å². The molecule has 0 aliphatic carbocycles. The van der Waals surface area contributed by atoms with E-state index in [4.69, 9.17) is 5.11 Å². The van der Waals surface area contributed by atoms with Crippen molar-refractivity contribution < 1.29 is 14.7 Å². The fraction of sp³-hybridized carbons (Fsp3) is 0.312. The van der Waals surface area contributed by atoms with Gasteiger partial charge in [0.2, 0.25) is 0 Å². The second kappa shape index (κ2) is 6.01. The molecule has 22 heavy (non-hydrogen) atoms. The molecule has 0 unspecified atom stereocenters. The lowest BCUT2D eigenvalue weighted by Gasteiger charge is -2.17. The number of rotatable bonds is 4. The highest BCUT2D eigenvalue weighted by Gasteiger charge is 2.23. The maximum absolute atomic E-state index is 12.4. The van der Waals surface area contributed by atoms with Crippen LogP contribution in [0.25, 0.3) is 0 Å². The van der Waals surface area contributed by atoms with Crippen LogP contribution < -0.4 is 5.32 Å². The Morgan fingerprint density at radius 3 is 2.59 bits per heavy atom. The van der Waals surface area contributed by atoms with Crippen LogP contribution in [0.5, 0.6) is 0 Å². The molecule has 0 radical (unpaired) electrons. The molecule has 1 atom stereocenters. The minimum absolute atomic E-state index is 0.0455. The smallest absolute Gasteiger partial charge is 0.339 e. The van der Waals surface area contributed by atoms with E-state index >= 15 is 0 Å². The van der Waals surface area contributed by atoms with Crippen LogP contribution in [0, 0.1) is 13.8 Å². The summed E-state index contributed by atoms with van der Waals surface area (Å²) >= 11 is 0. The van der Waals surface area contributed by atoms with Gasteiger partial charge < -0.3 is 10.4 Å². The number of nitrogens with one attached hydrogen (secondary N) is 1. The van der Waals surface area contributed by atoms with Gasteiger partial charge >= 0.3 is 5.97 Å². The van der Waals surface area contributed by atoms with Crippen LogP contribution in [0.15, 0.2) is 24.4 Å². The number of carbonyl (C=O) groups excluding carboxylic acids is 1. The highest BCUT2D eigenvalue weighted by molar-refractivity contribution is 6.03. The Hall–Kier alpha value is -2.63. The number of aromatic carboxylic acids is 1. The lowest BCUT2D eigenvalue weighted by molar-refractivity contribution is 0.0690. The fourth-order valence-corrected chi connectivity index (χ4v) is 2.52. The zero-order valence-electron chi connectivity index (χ0n) is 13.0. The van der Waals surface area contributed by atoms with Crippen molar-refractivity contribution in [1.29, 1.82) is 0 Å². The average Bonchev–Trinajstić information content (AvgIpc) is 2.80. The first kappa shape index (κ1) is 15.8. The first-order valence-corrected chi connectivity index (χ1v) is 6.94. The van der Waals surface area contributed by atoms with Crippen LogP contribution >= 0.6 is 0 Å². The van der Waals surface area contributed by atoms with E-state index in [0.29, 0.717) is 0 Å². The number of carboxylic acid groups (broad SMARTS) is 1. The maximum atomic E-state index is 12.4. The zero-order chi connectivity index (χ0) is 16.4. The molecule has 0 saturated carbocycles. The molecule has 0 aliphatic heterocycles. The number of aryl methyl sites for hydroxylation is 3. The lowest BCUT2D eigenvalue weighted by Crippen LogP contribution is -2.30. The molecule has 0 spiro atoms. The van der Waals surface area contributed by atoms with E-state index in [2.05, 4.69) is 10.4 Å². The second-order valence-electron chi connectivity index (χ2n) is 5.39. The van der Waals surface area contributed by atoms with Crippen molar-refractivity contribution in [3.8, 4) is 0 Å². The Morgan fingerprint density at radius 2 is 2.00 bits per heavy atom. The number of amides is 1. The standard InChI is InChI=1S/C16H19N3O3/c1-9-5-6-12(10(2)7-9)11(3)18-15(20)14-13(16(21)22)8-17-19(14)4/h5-8,11H,1-4H3,(H,18,20)(H,21,22)/t11-/m0/s1. The summed E-state index contributed by atoms with van der Waals surface area (Å²) in [5.41, 5.74) is 3.17. The Labute approximate surface area is 128 Å². The Morgan fingerprint density at radius 1 is 1.32 bits per heavy atom. The van der Waals surface area contributed by atoms with Crippen molar-refractivity contribution in [1.82, 2.24) is 15.1 Å². The highest BCUT2D eigenvalue weighted by atomic mass is 16.4. The van der Waals surface area contributed by atoms with E-state index in [1.54, 1.807) is 7.05 Å². The summed E-state index contributed by atoms with van der Waals surface area (Å²) < 4.78 is 1.27. The van der Waals surface area contributed by atoms with E-state index in [1.807, 2.05) is 39.0 Å². The summed E-state index contributed by atoms with van der Waals surface area (Å²) in [5, 5.41) is 15.8. The van der Waals surface area contributed by atoms with Crippen molar-refractivity contribution in [3.05, 3.63) is 52.3 Å². The summed E-state index contributed by atoms with van der Waals surface area (Å²) in [4.78, 5) is 23.5. The molecule has 1 heterocycles. The van der Waals surface area contributed by atoms with Gasteiger partial charge in [0.25, 0.3) is 5.91 Å². The molecule has 0 saturated heterocycles. The maximum Gasteiger partial charge on any atom is 0.339 e. The summed E-state index contributed by atoms with van der Waals surface area (Å²) in [5.74, 6) is -1.62. The lowest BCUT2D eigenvalue weighted by atomic mass is 10.00. The van der Waals surface area contributed by atoms with E-state index in [1.165, 1.54) is 10.9 Å². The van der Waals surface area contributed by atoms with Crippen LogP contribution in [-0.4, -0.2) is 26.8 Å². The Bertz CT molecular complexity index is 734. The molecule has 0 fully saturated rings. The monoisotopic (exact) mass is 301 g/mol. The number of benzene rings is 1. The topological polar surface area (TPSA) is 84.2 Å². The second-order valence-corrected chi connectivity index (χ2v) is 5.39. The van der Waals surface area contributed by atoms with E-state index < -0.39 is 11.9 Å². The molecule has 116 valence electrons. The number of hydrogen-bond acceptors (Lipinski definition) is 3. The number of carbonyl (C=O) groups is 2. The van der Waals surface area contributed by atoms with Gasteiger partial charge in [0.1, 0.15) is 11.3 Å². The van der Waals surface area contributed by atoms with E-state index in [-0.39, 0.29) is 17.3 Å². The molecule has 2 rings (SSSR count). The third-order valence-corrected chi connectivity index (χ3v) is 3.62. The van der Waals surface area contributed by atoms with Crippen LogP contribution in [0.4, 0.5) is 0 Å². The molecule has 2 aromatic rings. The quantitative estimate of drug-likeness (QED) is 0.907. The summed E-state index contributed by atoms with van der Waals surface area (Å²) in [7, 11) is 1.54. The van der Waals surface area contributed by atoms with Gasteiger partial charge in [-0.15, -0.1) is 0 Å². The summed E-state index contributed by atoms with van der Waals surface area (Å²) in [6.45, 7) is 5.86. The first-order chi connectivity index (χ1) is 10.3. The number of aromatic nitrogens is 2. The molecule has 2 N–H and O–H groups in total. The average molecular weight is 301 g/mol. The summed E-state index contributed by atoms with van der Waals surface area (Å²) in [6, 6.07) is 5.77. The van der Waals surface area contributed by atoms with Crippen LogP contribution in [0.2, 0.25) is 0 Å². The molecule has 1 amide bonds. The number of carboxylic acids is 1. The van der Waals surface area contributed by atoms with Gasteiger partial charge in [-0.25, -0.2) is 4.79 Å². The zero-order valence-corrected chi connectivity index (χ0v) is 13.0. The van der Waals surface area contributed by atoms with Gasteiger partial charge in [0.15, 0.2) is 0 Å². The van der Waals surface area contributed by atoms with Crippen LogP contribution in [0.3, 0.4) is 0 Å². The van der Waals surface area contributed by atoms with Gasteiger partial charge in [-0.3, -0.25) is 9.48 Å². The third-order valence-electron chi connectivity index (χ3n) is 3.62. The van der Waals surface area contributed by atoms with Crippen LogP contribution in [0.1, 0.15) is 50.5 Å². The minimum Gasteiger partial charge on any atom is -0.478 e. The van der Waals surface area contributed by atoms with Crippen molar-refractivity contribution >= 4 is 11.9 Å². The van der Waals surface area contributed by atoms with E-state index in [0.717, 1.165) is 16.7 Å². The van der Waals surface area contributed by atoms with Gasteiger partial charge in [-0.2, -0.15) is 5.10 Å². The molecule has 0 aliphatic rings. The van der Waals surface area contributed by atoms with Gasteiger partial charge in [-0.05, 0) is 31.9 Å². The van der Waals surface area contributed by atoms with E-state index in [9.17, 15) is 9.59 Å². The highest BCUT2D eigenvalue weighted by Crippen LogP contribution is 2.19. The molecule has 0 bridgehead atoms. The SMILES string of the molecule is Cc1ccc([C@H](C)NC(=O)c2c(C(=O)O)cnn2C)c(C)c1. The minimum atomic E-state index is -1.17. The van der Waals surface area contributed by atoms with Crippen LogP contribution in [-0.2, 0) is 7.05 Å². The van der Waals surface area contributed by atoms with Crippen molar-refractivity contribution in [3.63, 3.8) is 0 Å². The van der Waals surface area contributed by atoms with Gasteiger partial charge in [0.05, 0.1) is 12.2 Å². The predicted molar refractivity (Wildman–Crippen MR) is 82.0 cm³/mol. The van der Waals surface area contributed by atoms with Crippen molar-refractivity contribution in [2.24, 2.45) is 7.05 Å². The molecular formula is C16H19N3O3. The molecular weight excluding hydrogens is 282 g/mol. The van der Waals surface area contributed by atoms with Crippen molar-refractivity contribution in [2.75, 3.05) is 0 Å². The summed E-state index contributed by atoms with van der Waals surface area (Å²) in [6.07, 6.45) is 1.18. The normalized spacial score (nSPS) is 12.0. The molecule has 1 aromatic heterocycles. The molecule has 1 aromatic carbocycles. The largest absolute Gasteiger partial charge is 0.478 e. The van der Waals surface area contributed by atoms with Crippen molar-refractivity contribution in [2.45, 2.75) is 26.8 Å². The number of nitrogens with zero attached hydrogens (tertiary/aromatic N) is 2. The molecule has 6 nitrogen and oxygen atoms in total. The molecule has 6 heteroatoms. The van der Waals surface area contributed by atoms with Gasteiger partial charge in [-0.1, -0.05) is 23.8 Å². The number of hydrogen-bond donors (Lipinski definition) is 2. The first-order valence-electron chi connectivity index (χ1n) is 6.94.